The van der Waals surface area contributed by atoms with Crippen LogP contribution in [0.4, 0.5) is 4.79 Å². The number of guanidine groups is 1. The van der Waals surface area contributed by atoms with E-state index in [2.05, 4.69) is 29.8 Å². The number of amides is 3. The number of hydrogen-bond donors (Lipinski definition) is 4. The molecule has 7 nitrogen and oxygen atoms in total. The monoisotopic (exact) mass is 435 g/mol. The van der Waals surface area contributed by atoms with E-state index >= 15 is 0 Å². The third kappa shape index (κ3) is 6.09. The van der Waals surface area contributed by atoms with Crippen LogP contribution in [0.1, 0.15) is 43.9 Å². The molecule has 1 unspecified atom stereocenters. The average Bonchev–Trinajstić information content (AvgIpc) is 2.95. The summed E-state index contributed by atoms with van der Waals surface area (Å²) >= 11 is 0. The summed E-state index contributed by atoms with van der Waals surface area (Å²) in [5.41, 5.74) is 2.31. The van der Waals surface area contributed by atoms with Crippen molar-refractivity contribution >= 4 is 17.9 Å². The molecular formula is C25H33N5O2. The van der Waals surface area contributed by atoms with Gasteiger partial charge in [-0.15, -0.1) is 0 Å². The van der Waals surface area contributed by atoms with Gasteiger partial charge in [0.05, 0.1) is 6.54 Å². The summed E-state index contributed by atoms with van der Waals surface area (Å²) in [6, 6.07) is 17.5. The summed E-state index contributed by atoms with van der Waals surface area (Å²) in [5, 5.41) is 17.0. The second-order valence-electron chi connectivity index (χ2n) is 8.96. The second kappa shape index (κ2) is 10.3. The minimum Gasteiger partial charge on any atom is -0.342 e. The van der Waals surface area contributed by atoms with Gasteiger partial charge in [0.2, 0.25) is 0 Å². The Morgan fingerprint density at radius 1 is 1.06 bits per heavy atom. The number of rotatable bonds is 9. The molecule has 4 N–H and O–H groups in total. The molecule has 7 heteroatoms. The van der Waals surface area contributed by atoms with Gasteiger partial charge in [-0.25, -0.2) is 4.79 Å². The smallest absolute Gasteiger partial charge is 0.315 e. The first-order chi connectivity index (χ1) is 15.3. The molecule has 1 atom stereocenters. The van der Waals surface area contributed by atoms with E-state index < -0.39 is 5.54 Å². The molecule has 0 saturated carbocycles. The fourth-order valence-electron chi connectivity index (χ4n) is 4.12. The van der Waals surface area contributed by atoms with Crippen LogP contribution in [0, 0.1) is 11.3 Å². The van der Waals surface area contributed by atoms with Gasteiger partial charge >= 0.3 is 6.03 Å². The van der Waals surface area contributed by atoms with Gasteiger partial charge in [0, 0.05) is 13.1 Å². The second-order valence-corrected chi connectivity index (χ2v) is 8.96. The Labute approximate surface area is 190 Å². The average molecular weight is 436 g/mol. The molecule has 1 aliphatic rings. The van der Waals surface area contributed by atoms with Crippen LogP contribution in [0.2, 0.25) is 0 Å². The molecule has 0 bridgehead atoms. The van der Waals surface area contributed by atoms with Crippen molar-refractivity contribution in [3.05, 3.63) is 71.3 Å². The van der Waals surface area contributed by atoms with E-state index in [4.69, 9.17) is 5.41 Å². The van der Waals surface area contributed by atoms with Crippen LogP contribution in [0.15, 0.2) is 54.6 Å². The van der Waals surface area contributed by atoms with Crippen LogP contribution in [0.25, 0.3) is 0 Å². The van der Waals surface area contributed by atoms with Gasteiger partial charge in [-0.3, -0.25) is 15.1 Å². The van der Waals surface area contributed by atoms with Crippen molar-refractivity contribution in [1.82, 2.24) is 20.9 Å². The number of nitrogens with zero attached hydrogens (tertiary/aromatic N) is 1. The summed E-state index contributed by atoms with van der Waals surface area (Å²) < 4.78 is 0. The SMILES string of the molecule is CC(C)CC1(C)NC(=N)N(Cc2cccc(CNC(=O)NCCc3ccccc3)c2)C1=O. The molecule has 3 amide bonds. The van der Waals surface area contributed by atoms with Crippen LogP contribution in [0.3, 0.4) is 0 Å². The Hall–Kier alpha value is -3.35. The Bertz CT molecular complexity index is 960. The lowest BCUT2D eigenvalue weighted by Gasteiger charge is -2.24. The maximum atomic E-state index is 12.9. The van der Waals surface area contributed by atoms with Gasteiger partial charge in [-0.1, -0.05) is 68.4 Å². The minimum atomic E-state index is -0.734. The highest BCUT2D eigenvalue weighted by Gasteiger charge is 2.45. The van der Waals surface area contributed by atoms with Crippen molar-refractivity contribution in [2.45, 2.75) is 52.2 Å². The Kier molecular flexibility index (Phi) is 7.51. The van der Waals surface area contributed by atoms with E-state index in [-0.39, 0.29) is 17.9 Å². The lowest BCUT2D eigenvalue weighted by molar-refractivity contribution is -0.131. The van der Waals surface area contributed by atoms with E-state index in [1.54, 1.807) is 0 Å². The fourth-order valence-corrected chi connectivity index (χ4v) is 4.12. The van der Waals surface area contributed by atoms with E-state index in [9.17, 15) is 9.59 Å². The Morgan fingerprint density at radius 3 is 2.47 bits per heavy atom. The molecule has 2 aromatic rings. The van der Waals surface area contributed by atoms with Crippen LogP contribution >= 0.6 is 0 Å². The van der Waals surface area contributed by atoms with E-state index in [0.29, 0.717) is 32.0 Å². The molecular weight excluding hydrogens is 402 g/mol. The molecule has 1 heterocycles. The molecule has 0 aromatic heterocycles. The standard InChI is InChI=1S/C25H33N5O2/c1-18(2)15-25(3)22(31)30(23(26)29-25)17-21-11-7-10-20(14-21)16-28-24(32)27-13-12-19-8-5-4-6-9-19/h4-11,14,18H,12-13,15-17H2,1-3H3,(H2,26,29)(H2,27,28,32). The summed E-state index contributed by atoms with van der Waals surface area (Å²) in [6.45, 7) is 7.29. The molecule has 3 rings (SSSR count). The van der Waals surface area contributed by atoms with Gasteiger partial charge < -0.3 is 16.0 Å². The quantitative estimate of drug-likeness (QED) is 0.486. The highest BCUT2D eigenvalue weighted by Crippen LogP contribution is 2.26. The Morgan fingerprint density at radius 2 is 1.75 bits per heavy atom. The van der Waals surface area contributed by atoms with Crippen molar-refractivity contribution in [2.24, 2.45) is 5.92 Å². The van der Waals surface area contributed by atoms with Crippen LogP contribution in [-0.2, 0) is 24.3 Å². The third-order valence-corrected chi connectivity index (χ3v) is 5.53. The fraction of sp³-hybridized carbons (Fsp3) is 0.400. The molecule has 1 aliphatic heterocycles. The molecule has 170 valence electrons. The summed E-state index contributed by atoms with van der Waals surface area (Å²) in [6.07, 6.45) is 1.46. The predicted octanol–water partition coefficient (Wildman–Crippen LogP) is 3.40. The molecule has 1 saturated heterocycles. The van der Waals surface area contributed by atoms with Crippen LogP contribution in [0.5, 0.6) is 0 Å². The topological polar surface area (TPSA) is 97.3 Å². The predicted molar refractivity (Wildman–Crippen MR) is 126 cm³/mol. The summed E-state index contributed by atoms with van der Waals surface area (Å²) in [4.78, 5) is 26.5. The molecule has 0 aliphatic carbocycles. The first-order valence-electron chi connectivity index (χ1n) is 11.1. The van der Waals surface area contributed by atoms with Crippen LogP contribution in [-0.4, -0.2) is 34.9 Å². The molecule has 1 fully saturated rings. The Balaban J connectivity index is 1.50. The lowest BCUT2D eigenvalue weighted by atomic mass is 9.91. The largest absolute Gasteiger partial charge is 0.342 e. The number of carbonyl (C=O) groups is 2. The van der Waals surface area contributed by atoms with Gasteiger partial charge in [0.15, 0.2) is 5.96 Å². The molecule has 0 spiro atoms. The van der Waals surface area contributed by atoms with Gasteiger partial charge in [0.1, 0.15) is 5.54 Å². The number of nitrogens with one attached hydrogen (secondary N) is 4. The zero-order chi connectivity index (χ0) is 23.1. The molecule has 0 radical (unpaired) electrons. The normalized spacial score (nSPS) is 18.1. The zero-order valence-electron chi connectivity index (χ0n) is 19.1. The zero-order valence-corrected chi connectivity index (χ0v) is 19.1. The number of benzene rings is 2. The number of urea groups is 1. The van der Waals surface area contributed by atoms with Crippen LogP contribution < -0.4 is 16.0 Å². The van der Waals surface area contributed by atoms with Gasteiger partial charge in [0.25, 0.3) is 5.91 Å². The highest BCUT2D eigenvalue weighted by atomic mass is 16.2. The van der Waals surface area contributed by atoms with Crippen molar-refractivity contribution < 1.29 is 9.59 Å². The molecule has 32 heavy (non-hydrogen) atoms. The summed E-state index contributed by atoms with van der Waals surface area (Å²) in [5.74, 6) is 0.412. The maximum absolute atomic E-state index is 12.9. The number of carbonyl (C=O) groups excluding carboxylic acids is 2. The van der Waals surface area contributed by atoms with E-state index in [1.165, 1.54) is 10.5 Å². The maximum Gasteiger partial charge on any atom is 0.315 e. The highest BCUT2D eigenvalue weighted by molar-refractivity contribution is 6.07. The van der Waals surface area contributed by atoms with Gasteiger partial charge in [-0.2, -0.15) is 0 Å². The van der Waals surface area contributed by atoms with Gasteiger partial charge in [-0.05, 0) is 42.4 Å². The summed E-state index contributed by atoms with van der Waals surface area (Å²) in [7, 11) is 0. The van der Waals surface area contributed by atoms with Crippen molar-refractivity contribution in [3.8, 4) is 0 Å². The van der Waals surface area contributed by atoms with Crippen molar-refractivity contribution in [1.29, 1.82) is 5.41 Å². The van der Waals surface area contributed by atoms with Crippen molar-refractivity contribution in [3.63, 3.8) is 0 Å². The minimum absolute atomic E-state index is 0.0717. The first-order valence-corrected chi connectivity index (χ1v) is 11.1. The lowest BCUT2D eigenvalue weighted by Crippen LogP contribution is -2.44. The van der Waals surface area contributed by atoms with E-state index in [1.807, 2.05) is 61.5 Å². The van der Waals surface area contributed by atoms with Crippen molar-refractivity contribution in [2.75, 3.05) is 6.54 Å². The number of hydrogen-bond acceptors (Lipinski definition) is 3. The molecule has 2 aromatic carbocycles. The third-order valence-electron chi connectivity index (χ3n) is 5.53. The van der Waals surface area contributed by atoms with E-state index in [0.717, 1.165) is 17.5 Å². The first kappa shape index (κ1) is 23.3.